The molecular formula is C15H20N5O+. The largest absolute Gasteiger partial charge is 0.333 e. The molecule has 1 saturated heterocycles. The molecule has 2 atom stereocenters. The standard InChI is InChI=1S/C15H19N5O/c1-3-13(21)20-8-11(5-4-10(20)2)19-15-12-6-7-16-14(12)17-9-18-15/h3,6-7,9-11H,1,4-5,8H2,2H3,(H2,16,17,18,19)/p+1/t10-,11+/m0/s1. The Morgan fingerprint density at radius 3 is 3.29 bits per heavy atom. The van der Waals surface area contributed by atoms with Crippen molar-refractivity contribution in [2.45, 2.75) is 31.8 Å². The molecule has 1 aliphatic rings. The van der Waals surface area contributed by atoms with Crippen molar-refractivity contribution >= 4 is 22.8 Å². The third-order valence-corrected chi connectivity index (χ3v) is 4.09. The number of H-pyrrole nitrogens is 2. The van der Waals surface area contributed by atoms with Crippen LogP contribution < -0.4 is 10.3 Å². The minimum atomic E-state index is -0.000464. The van der Waals surface area contributed by atoms with Crippen molar-refractivity contribution in [1.82, 2.24) is 14.9 Å². The van der Waals surface area contributed by atoms with Gasteiger partial charge in [-0.3, -0.25) is 4.79 Å². The molecule has 6 nitrogen and oxygen atoms in total. The third-order valence-electron chi connectivity index (χ3n) is 4.09. The topological polar surface area (TPSA) is 75.2 Å². The smallest absolute Gasteiger partial charge is 0.246 e. The molecule has 6 heteroatoms. The first-order chi connectivity index (χ1) is 10.2. The van der Waals surface area contributed by atoms with Crippen LogP contribution in [0, 0.1) is 0 Å². The zero-order chi connectivity index (χ0) is 14.8. The minimum absolute atomic E-state index is 0.000464. The van der Waals surface area contributed by atoms with Gasteiger partial charge in [-0.15, -0.1) is 0 Å². The van der Waals surface area contributed by atoms with Crippen LogP contribution in [0.3, 0.4) is 0 Å². The second-order valence-electron chi connectivity index (χ2n) is 5.48. The number of hydrogen-bond acceptors (Lipinski definition) is 3. The number of aromatic amines is 2. The number of likely N-dealkylation sites (tertiary alicyclic amines) is 1. The SMILES string of the molecule is C=CC(=O)N1C[C@H](Nc2[nH+]cnc3[nH]ccc23)CC[C@@H]1C. The van der Waals surface area contributed by atoms with Gasteiger partial charge in [0.2, 0.25) is 23.7 Å². The van der Waals surface area contributed by atoms with Crippen molar-refractivity contribution in [3.63, 3.8) is 0 Å². The van der Waals surface area contributed by atoms with Crippen LogP contribution in [0.4, 0.5) is 5.82 Å². The van der Waals surface area contributed by atoms with E-state index in [-0.39, 0.29) is 18.0 Å². The number of hydrogen-bond donors (Lipinski definition) is 2. The van der Waals surface area contributed by atoms with E-state index in [1.807, 2.05) is 17.2 Å². The Bertz CT molecular complexity index is 665. The average molecular weight is 286 g/mol. The maximum Gasteiger partial charge on any atom is 0.246 e. The van der Waals surface area contributed by atoms with Crippen LogP contribution in [0.25, 0.3) is 11.0 Å². The van der Waals surface area contributed by atoms with E-state index >= 15 is 0 Å². The summed E-state index contributed by atoms with van der Waals surface area (Å²) in [5.41, 5.74) is 0.847. The number of piperidine rings is 1. The first-order valence-corrected chi connectivity index (χ1v) is 7.22. The third kappa shape index (κ3) is 2.61. The van der Waals surface area contributed by atoms with Gasteiger partial charge in [0.15, 0.2) is 0 Å². The highest BCUT2D eigenvalue weighted by molar-refractivity contribution is 5.87. The number of carbonyl (C=O) groups is 1. The molecule has 0 radical (unpaired) electrons. The number of fused-ring (bicyclic) bond motifs is 1. The highest BCUT2D eigenvalue weighted by Gasteiger charge is 2.29. The normalized spacial score (nSPS) is 22.2. The molecule has 2 aromatic heterocycles. The Kier molecular flexibility index (Phi) is 3.60. The molecule has 3 N–H and O–H groups in total. The van der Waals surface area contributed by atoms with E-state index in [2.05, 4.69) is 33.8 Å². The summed E-state index contributed by atoms with van der Waals surface area (Å²) in [5, 5.41) is 4.52. The molecule has 21 heavy (non-hydrogen) atoms. The van der Waals surface area contributed by atoms with Crippen LogP contribution in [0.1, 0.15) is 19.8 Å². The van der Waals surface area contributed by atoms with E-state index in [0.717, 1.165) is 29.7 Å². The van der Waals surface area contributed by atoms with Crippen molar-refractivity contribution in [3.8, 4) is 0 Å². The lowest BCUT2D eigenvalue weighted by Gasteiger charge is -2.36. The van der Waals surface area contributed by atoms with Gasteiger partial charge in [0, 0.05) is 12.2 Å². The number of nitrogens with zero attached hydrogens (tertiary/aromatic N) is 2. The van der Waals surface area contributed by atoms with Crippen molar-refractivity contribution in [2.75, 3.05) is 11.9 Å². The first-order valence-electron chi connectivity index (χ1n) is 7.22. The van der Waals surface area contributed by atoms with Crippen LogP contribution in [0.5, 0.6) is 0 Å². The molecule has 3 heterocycles. The molecule has 0 spiro atoms. The van der Waals surface area contributed by atoms with Gasteiger partial charge in [0.1, 0.15) is 5.39 Å². The summed E-state index contributed by atoms with van der Waals surface area (Å²) in [5.74, 6) is 0.936. The quantitative estimate of drug-likeness (QED) is 0.836. The Hall–Kier alpha value is -2.37. The Balaban J connectivity index is 1.77. The minimum Gasteiger partial charge on any atom is -0.333 e. The zero-order valence-corrected chi connectivity index (χ0v) is 12.1. The van der Waals surface area contributed by atoms with Crippen LogP contribution in [0.2, 0.25) is 0 Å². The van der Waals surface area contributed by atoms with Crippen LogP contribution in [0.15, 0.2) is 31.2 Å². The second-order valence-corrected chi connectivity index (χ2v) is 5.48. The van der Waals surface area contributed by atoms with Gasteiger partial charge >= 0.3 is 0 Å². The summed E-state index contributed by atoms with van der Waals surface area (Å²) in [6.07, 6.45) is 6.94. The molecule has 2 aromatic rings. The number of nitrogens with one attached hydrogen (secondary N) is 3. The first kappa shape index (κ1) is 13.6. The monoisotopic (exact) mass is 286 g/mol. The molecule has 0 unspecified atom stereocenters. The van der Waals surface area contributed by atoms with E-state index in [9.17, 15) is 4.79 Å². The molecule has 0 aromatic carbocycles. The van der Waals surface area contributed by atoms with E-state index < -0.39 is 0 Å². The van der Waals surface area contributed by atoms with Gasteiger partial charge in [-0.25, -0.2) is 4.98 Å². The highest BCUT2D eigenvalue weighted by atomic mass is 16.2. The molecule has 110 valence electrons. The van der Waals surface area contributed by atoms with E-state index in [1.165, 1.54) is 6.08 Å². The van der Waals surface area contributed by atoms with Gasteiger partial charge in [-0.2, -0.15) is 0 Å². The summed E-state index contributed by atoms with van der Waals surface area (Å²) in [7, 11) is 0. The van der Waals surface area contributed by atoms with E-state index in [1.54, 1.807) is 6.33 Å². The van der Waals surface area contributed by atoms with Gasteiger partial charge in [-0.05, 0) is 31.9 Å². The van der Waals surface area contributed by atoms with E-state index in [0.29, 0.717) is 6.54 Å². The van der Waals surface area contributed by atoms with Gasteiger partial charge in [-0.1, -0.05) is 11.6 Å². The molecule has 0 saturated carbocycles. The summed E-state index contributed by atoms with van der Waals surface area (Å²) in [6.45, 7) is 6.36. The van der Waals surface area contributed by atoms with Gasteiger partial charge in [0.25, 0.3) is 0 Å². The fourth-order valence-electron chi connectivity index (χ4n) is 2.88. The van der Waals surface area contributed by atoms with Crippen LogP contribution in [-0.4, -0.2) is 39.4 Å². The van der Waals surface area contributed by atoms with Crippen molar-refractivity contribution in [2.24, 2.45) is 0 Å². The van der Waals surface area contributed by atoms with Crippen LogP contribution in [-0.2, 0) is 4.79 Å². The number of anilines is 1. The average Bonchev–Trinajstić information content (AvgIpc) is 2.98. The second kappa shape index (κ2) is 5.55. The number of aromatic nitrogens is 3. The molecule has 1 aliphatic heterocycles. The summed E-state index contributed by atoms with van der Waals surface area (Å²) >= 11 is 0. The molecule has 3 rings (SSSR count). The maximum absolute atomic E-state index is 11.9. The number of carbonyl (C=O) groups excluding carboxylic acids is 1. The zero-order valence-electron chi connectivity index (χ0n) is 12.1. The van der Waals surface area contributed by atoms with Crippen LogP contribution >= 0.6 is 0 Å². The Morgan fingerprint density at radius 1 is 1.62 bits per heavy atom. The number of rotatable bonds is 3. The highest BCUT2D eigenvalue weighted by Crippen LogP contribution is 2.22. The maximum atomic E-state index is 11.9. The fourth-order valence-corrected chi connectivity index (χ4v) is 2.88. The van der Waals surface area contributed by atoms with Gasteiger partial charge < -0.3 is 15.2 Å². The molecule has 1 amide bonds. The van der Waals surface area contributed by atoms with Crippen molar-refractivity contribution < 1.29 is 9.78 Å². The lowest BCUT2D eigenvalue weighted by Crippen LogP contribution is -2.49. The predicted octanol–water partition coefficient (Wildman–Crippen LogP) is 1.35. The lowest BCUT2D eigenvalue weighted by molar-refractivity contribution is -0.364. The summed E-state index contributed by atoms with van der Waals surface area (Å²) in [4.78, 5) is 24.3. The van der Waals surface area contributed by atoms with Gasteiger partial charge in [0.05, 0.1) is 12.6 Å². The Labute approximate surface area is 123 Å². The molecular weight excluding hydrogens is 266 g/mol. The number of amides is 1. The van der Waals surface area contributed by atoms with Crippen molar-refractivity contribution in [1.29, 1.82) is 0 Å². The molecule has 0 bridgehead atoms. The fraction of sp³-hybridized carbons (Fsp3) is 0.400. The summed E-state index contributed by atoms with van der Waals surface area (Å²) < 4.78 is 0. The lowest BCUT2D eigenvalue weighted by atomic mass is 9.99. The Morgan fingerprint density at radius 2 is 2.48 bits per heavy atom. The molecule has 0 aliphatic carbocycles. The predicted molar refractivity (Wildman–Crippen MR) is 80.7 cm³/mol. The van der Waals surface area contributed by atoms with Crippen molar-refractivity contribution in [3.05, 3.63) is 31.2 Å². The van der Waals surface area contributed by atoms with E-state index in [4.69, 9.17) is 0 Å². The summed E-state index contributed by atoms with van der Waals surface area (Å²) in [6, 6.07) is 2.48. The molecule has 1 fully saturated rings.